The molecule has 5 heterocycles. The number of aromatic amines is 2. The molecule has 0 amide bonds. The van der Waals surface area contributed by atoms with Gasteiger partial charge in [0, 0.05) is 33.6 Å². The van der Waals surface area contributed by atoms with Gasteiger partial charge in [-0.1, -0.05) is 26.8 Å². The maximum atomic E-state index is 10.5. The minimum absolute atomic E-state index is 0.301. The Morgan fingerprint density at radius 3 is 2.62 bits per heavy atom. The van der Waals surface area contributed by atoms with Crippen LogP contribution >= 0.6 is 11.3 Å². The molecule has 37 heavy (non-hydrogen) atoms. The van der Waals surface area contributed by atoms with E-state index in [1.807, 2.05) is 51.2 Å². The highest BCUT2D eigenvalue weighted by atomic mass is 32.1. The molecular weight excluding hydrogens is 482 g/mol. The van der Waals surface area contributed by atoms with Crippen molar-refractivity contribution in [2.24, 2.45) is 5.41 Å². The molecule has 1 atom stereocenters. The number of imidazole rings is 1. The van der Waals surface area contributed by atoms with E-state index in [9.17, 15) is 5.11 Å². The van der Waals surface area contributed by atoms with E-state index in [4.69, 9.17) is 4.98 Å². The molecule has 1 aromatic carbocycles. The van der Waals surface area contributed by atoms with Gasteiger partial charge in [-0.25, -0.2) is 4.98 Å². The van der Waals surface area contributed by atoms with Gasteiger partial charge >= 0.3 is 0 Å². The van der Waals surface area contributed by atoms with E-state index in [-0.39, 0.29) is 5.41 Å². The lowest BCUT2D eigenvalue weighted by Gasteiger charge is -2.27. The van der Waals surface area contributed by atoms with Crippen LogP contribution in [-0.4, -0.2) is 41.5 Å². The van der Waals surface area contributed by atoms with Crippen LogP contribution in [0.2, 0.25) is 0 Å². The Labute approximate surface area is 217 Å². The summed E-state index contributed by atoms with van der Waals surface area (Å²) in [6, 6.07) is 14.2. The number of hydrogen-bond acceptors (Lipinski definition) is 7. The van der Waals surface area contributed by atoms with Crippen molar-refractivity contribution >= 4 is 39.0 Å². The fraction of sp³-hybridized carbons (Fsp3) is 0.214. The summed E-state index contributed by atoms with van der Waals surface area (Å²) in [5, 5.41) is 22.3. The predicted octanol–water partition coefficient (Wildman–Crippen LogP) is 6.38. The molecule has 0 fully saturated rings. The number of benzene rings is 1. The van der Waals surface area contributed by atoms with Gasteiger partial charge in [0.1, 0.15) is 23.1 Å². The number of fused-ring (bicyclic) bond motifs is 2. The number of hydrogen-bond donors (Lipinski definition) is 4. The number of rotatable bonds is 5. The van der Waals surface area contributed by atoms with Gasteiger partial charge < -0.3 is 15.4 Å². The van der Waals surface area contributed by atoms with Gasteiger partial charge in [0.2, 0.25) is 0 Å². The van der Waals surface area contributed by atoms with Crippen LogP contribution in [0.5, 0.6) is 0 Å². The summed E-state index contributed by atoms with van der Waals surface area (Å²) in [6.45, 7) is 8.03. The molecule has 6 aromatic rings. The molecule has 1 unspecified atom stereocenters. The van der Waals surface area contributed by atoms with E-state index in [0.29, 0.717) is 5.82 Å². The maximum absolute atomic E-state index is 10.5. The van der Waals surface area contributed by atoms with E-state index >= 15 is 0 Å². The van der Waals surface area contributed by atoms with E-state index in [2.05, 4.69) is 55.6 Å². The Morgan fingerprint density at radius 2 is 1.84 bits per heavy atom. The van der Waals surface area contributed by atoms with Crippen molar-refractivity contribution in [2.75, 3.05) is 5.32 Å². The largest absolute Gasteiger partial charge is 0.373 e. The van der Waals surface area contributed by atoms with Crippen LogP contribution in [0.25, 0.3) is 55.2 Å². The second-order valence-electron chi connectivity index (χ2n) is 10.3. The molecule has 0 saturated carbocycles. The normalized spacial score (nSPS) is 12.9. The molecule has 0 aliphatic carbocycles. The van der Waals surface area contributed by atoms with Crippen molar-refractivity contribution < 1.29 is 5.11 Å². The minimum atomic E-state index is -0.696. The van der Waals surface area contributed by atoms with Gasteiger partial charge in [-0.05, 0) is 48.9 Å². The lowest BCUT2D eigenvalue weighted by molar-refractivity contribution is 0.0880. The summed E-state index contributed by atoms with van der Waals surface area (Å²) >= 11 is 1.71. The Hall–Kier alpha value is -4.08. The second-order valence-corrected chi connectivity index (χ2v) is 11.5. The predicted molar refractivity (Wildman–Crippen MR) is 149 cm³/mol. The smallest absolute Gasteiger partial charge is 0.159 e. The number of pyridine rings is 2. The quantitative estimate of drug-likeness (QED) is 0.201. The van der Waals surface area contributed by atoms with Gasteiger partial charge in [-0.3, -0.25) is 15.1 Å². The van der Waals surface area contributed by atoms with Crippen LogP contribution < -0.4 is 5.32 Å². The molecule has 6 rings (SSSR count). The fourth-order valence-corrected chi connectivity index (χ4v) is 5.08. The number of aromatic nitrogens is 6. The standard InChI is InChI=1S/C28H27N7OS/c1-15-5-8-22(37-15)25-24-21(9-10-30-25)32-26(33-24)23-19-12-16(6-7-20(19)34-35-23)17-11-18(14-29-13-17)31-27(36)28(2,3)4/h5-14,27,31,36H,1-4H3,(H,32,33)(H,34,35). The number of nitrogens with zero attached hydrogens (tertiary/aromatic N) is 4. The molecule has 4 N–H and O–H groups in total. The average Bonchev–Trinajstić information content (AvgIpc) is 3.60. The summed E-state index contributed by atoms with van der Waals surface area (Å²) in [5.41, 5.74) is 6.65. The molecule has 8 nitrogen and oxygen atoms in total. The number of thiophene rings is 1. The monoisotopic (exact) mass is 509 g/mol. The average molecular weight is 510 g/mol. The SMILES string of the molecule is Cc1ccc(-c2nccc3[nH]c(-c4n[nH]c5ccc(-c6cncc(NC(O)C(C)(C)C)c6)cc45)nc23)s1. The zero-order chi connectivity index (χ0) is 25.7. The molecule has 0 bridgehead atoms. The summed E-state index contributed by atoms with van der Waals surface area (Å²) in [4.78, 5) is 19.7. The molecular formula is C28H27N7OS. The highest BCUT2D eigenvalue weighted by Crippen LogP contribution is 2.34. The van der Waals surface area contributed by atoms with Crippen molar-refractivity contribution in [2.45, 2.75) is 33.9 Å². The van der Waals surface area contributed by atoms with Crippen LogP contribution in [0, 0.1) is 12.3 Å². The number of anilines is 1. The fourth-order valence-electron chi connectivity index (χ4n) is 4.21. The zero-order valence-electron chi connectivity index (χ0n) is 21.0. The first-order valence-corrected chi connectivity index (χ1v) is 12.9. The van der Waals surface area contributed by atoms with Crippen LogP contribution in [0.4, 0.5) is 5.69 Å². The van der Waals surface area contributed by atoms with Crippen molar-refractivity contribution in [3.63, 3.8) is 0 Å². The van der Waals surface area contributed by atoms with E-state index < -0.39 is 6.23 Å². The van der Waals surface area contributed by atoms with E-state index in [0.717, 1.165) is 55.0 Å². The number of aliphatic hydroxyl groups excluding tert-OH is 1. The molecule has 0 radical (unpaired) electrons. The van der Waals surface area contributed by atoms with Gasteiger partial charge in [0.05, 0.1) is 27.8 Å². The van der Waals surface area contributed by atoms with Gasteiger partial charge in [-0.15, -0.1) is 11.3 Å². The topological polar surface area (TPSA) is 115 Å². The molecule has 5 aromatic heterocycles. The maximum Gasteiger partial charge on any atom is 0.159 e. The highest BCUT2D eigenvalue weighted by molar-refractivity contribution is 7.15. The van der Waals surface area contributed by atoms with Crippen LogP contribution in [0.15, 0.2) is 61.1 Å². The summed E-state index contributed by atoms with van der Waals surface area (Å²) in [6.07, 6.45) is 4.64. The number of aliphatic hydroxyl groups is 1. The molecule has 0 aliphatic rings. The van der Waals surface area contributed by atoms with Crippen LogP contribution in [0.3, 0.4) is 0 Å². The second kappa shape index (κ2) is 8.79. The molecule has 0 spiro atoms. The first-order valence-electron chi connectivity index (χ1n) is 12.1. The minimum Gasteiger partial charge on any atom is -0.373 e. The van der Waals surface area contributed by atoms with Gasteiger partial charge in [0.15, 0.2) is 5.82 Å². The number of nitrogens with one attached hydrogen (secondary N) is 3. The first kappa shape index (κ1) is 23.3. The Morgan fingerprint density at radius 1 is 0.973 bits per heavy atom. The lowest BCUT2D eigenvalue weighted by Crippen LogP contribution is -2.33. The zero-order valence-corrected chi connectivity index (χ0v) is 21.8. The third kappa shape index (κ3) is 4.36. The number of aryl methyl sites for hydroxylation is 1. The highest BCUT2D eigenvalue weighted by Gasteiger charge is 2.22. The van der Waals surface area contributed by atoms with E-state index in [1.54, 1.807) is 23.7 Å². The van der Waals surface area contributed by atoms with Crippen molar-refractivity contribution in [3.8, 4) is 33.2 Å². The van der Waals surface area contributed by atoms with Gasteiger partial charge in [-0.2, -0.15) is 5.10 Å². The third-order valence-electron chi connectivity index (χ3n) is 6.36. The first-order chi connectivity index (χ1) is 17.8. The van der Waals surface area contributed by atoms with Gasteiger partial charge in [0.25, 0.3) is 0 Å². The van der Waals surface area contributed by atoms with Crippen molar-refractivity contribution in [3.05, 3.63) is 65.9 Å². The van der Waals surface area contributed by atoms with Crippen LogP contribution in [-0.2, 0) is 0 Å². The Kier molecular flexibility index (Phi) is 5.54. The number of H-pyrrole nitrogens is 2. The van der Waals surface area contributed by atoms with Crippen molar-refractivity contribution in [1.82, 2.24) is 30.1 Å². The lowest BCUT2D eigenvalue weighted by atomic mass is 9.94. The van der Waals surface area contributed by atoms with Crippen LogP contribution in [0.1, 0.15) is 25.6 Å². The van der Waals surface area contributed by atoms with Crippen molar-refractivity contribution in [1.29, 1.82) is 0 Å². The summed E-state index contributed by atoms with van der Waals surface area (Å²) in [5.74, 6) is 0.683. The molecule has 0 saturated heterocycles. The summed E-state index contributed by atoms with van der Waals surface area (Å²) in [7, 11) is 0. The third-order valence-corrected chi connectivity index (χ3v) is 7.36. The summed E-state index contributed by atoms with van der Waals surface area (Å²) < 4.78 is 0. The Balaban J connectivity index is 1.39. The Bertz CT molecular complexity index is 1740. The molecule has 9 heteroatoms. The van der Waals surface area contributed by atoms with E-state index in [1.165, 1.54) is 4.88 Å². The molecule has 0 aliphatic heterocycles. The molecule has 186 valence electrons.